The summed E-state index contributed by atoms with van der Waals surface area (Å²) in [6.45, 7) is 12.8. The molecule has 1 aliphatic rings. The lowest BCUT2D eigenvalue weighted by molar-refractivity contribution is 0.00578. The molecule has 1 heterocycles. The van der Waals surface area contributed by atoms with Crippen LogP contribution in [0.5, 0.6) is 5.75 Å². The van der Waals surface area contributed by atoms with Gasteiger partial charge in [-0.2, -0.15) is 0 Å². The van der Waals surface area contributed by atoms with Crippen molar-refractivity contribution in [3.8, 4) is 5.75 Å². The molecular weight excluding hydrogens is 279 g/mol. The van der Waals surface area contributed by atoms with E-state index in [0.717, 1.165) is 11.2 Å². The number of hydrogen-bond donors (Lipinski definition) is 0. The van der Waals surface area contributed by atoms with E-state index in [-0.39, 0.29) is 25.1 Å². The first kappa shape index (κ1) is 17.3. The van der Waals surface area contributed by atoms with Gasteiger partial charge in [-0.1, -0.05) is 19.9 Å². The van der Waals surface area contributed by atoms with Crippen molar-refractivity contribution in [2.75, 3.05) is 13.9 Å². The number of hydrogen-bond acceptors (Lipinski definition) is 4. The Labute approximate surface area is 134 Å². The van der Waals surface area contributed by atoms with Crippen LogP contribution in [0.3, 0.4) is 0 Å². The largest absolute Gasteiger partial charge is 0.495 e. The first-order chi connectivity index (χ1) is 10.2. The van der Waals surface area contributed by atoms with Gasteiger partial charge in [-0.05, 0) is 56.8 Å². The summed E-state index contributed by atoms with van der Waals surface area (Å²) in [5, 5.41) is 0. The van der Waals surface area contributed by atoms with Gasteiger partial charge in [0.1, 0.15) is 5.75 Å². The van der Waals surface area contributed by atoms with Crippen molar-refractivity contribution in [3.05, 3.63) is 23.8 Å². The molecule has 1 aromatic carbocycles. The highest BCUT2D eigenvalue weighted by atomic mass is 16.7. The highest BCUT2D eigenvalue weighted by Crippen LogP contribution is 2.37. The average molecular weight is 306 g/mol. The molecule has 4 nitrogen and oxygen atoms in total. The van der Waals surface area contributed by atoms with E-state index in [1.54, 1.807) is 7.11 Å². The molecule has 0 unspecified atom stereocenters. The Bertz CT molecular complexity index is 509. The fourth-order valence-electron chi connectivity index (χ4n) is 2.45. The predicted octanol–water partition coefficient (Wildman–Crippen LogP) is 3.09. The molecule has 0 atom stereocenters. The van der Waals surface area contributed by atoms with Gasteiger partial charge in [0, 0.05) is 7.11 Å². The van der Waals surface area contributed by atoms with Crippen LogP contribution in [0.25, 0.3) is 0 Å². The van der Waals surface area contributed by atoms with Crippen LogP contribution in [-0.4, -0.2) is 32.2 Å². The van der Waals surface area contributed by atoms with Crippen LogP contribution in [-0.2, 0) is 14.0 Å². The van der Waals surface area contributed by atoms with Crippen LogP contribution >= 0.6 is 0 Å². The van der Waals surface area contributed by atoms with Gasteiger partial charge in [0.2, 0.25) is 0 Å². The minimum Gasteiger partial charge on any atom is -0.468 e. The molecule has 1 aliphatic heterocycles. The topological polar surface area (TPSA) is 36.9 Å². The van der Waals surface area contributed by atoms with E-state index in [1.165, 1.54) is 5.56 Å². The molecule has 22 heavy (non-hydrogen) atoms. The molecule has 122 valence electrons. The summed E-state index contributed by atoms with van der Waals surface area (Å²) in [5.74, 6) is 1.14. The molecule has 0 aromatic heterocycles. The highest BCUT2D eigenvalue weighted by molar-refractivity contribution is 6.62. The third kappa shape index (κ3) is 3.32. The Balaban J connectivity index is 2.31. The van der Waals surface area contributed by atoms with Gasteiger partial charge in [0.25, 0.3) is 0 Å². The lowest BCUT2D eigenvalue weighted by Gasteiger charge is -2.32. The minimum atomic E-state index is -0.348. The Morgan fingerprint density at radius 2 is 1.68 bits per heavy atom. The van der Waals surface area contributed by atoms with Crippen LogP contribution in [0.1, 0.15) is 53.0 Å². The van der Waals surface area contributed by atoms with Crippen molar-refractivity contribution in [2.24, 2.45) is 0 Å². The maximum Gasteiger partial charge on any atom is 0.495 e. The van der Waals surface area contributed by atoms with Crippen LogP contribution < -0.4 is 10.2 Å². The summed E-state index contributed by atoms with van der Waals surface area (Å²) in [5.41, 5.74) is 1.57. The molecular formula is C17H27BO4. The normalized spacial score (nSPS) is 19.7. The van der Waals surface area contributed by atoms with Gasteiger partial charge in [-0.15, -0.1) is 0 Å². The summed E-state index contributed by atoms with van der Waals surface area (Å²) >= 11 is 0. The van der Waals surface area contributed by atoms with Crippen LogP contribution in [0.15, 0.2) is 18.2 Å². The lowest BCUT2D eigenvalue weighted by Crippen LogP contribution is -2.41. The van der Waals surface area contributed by atoms with Crippen molar-refractivity contribution in [1.29, 1.82) is 0 Å². The van der Waals surface area contributed by atoms with Gasteiger partial charge < -0.3 is 18.8 Å². The number of benzene rings is 1. The average Bonchev–Trinajstić information content (AvgIpc) is 2.64. The molecule has 5 heteroatoms. The molecule has 1 fully saturated rings. The van der Waals surface area contributed by atoms with E-state index in [4.69, 9.17) is 18.8 Å². The second-order valence-corrected chi connectivity index (χ2v) is 7.08. The quantitative estimate of drug-likeness (QED) is 0.619. The Morgan fingerprint density at radius 1 is 1.09 bits per heavy atom. The summed E-state index contributed by atoms with van der Waals surface area (Å²) < 4.78 is 22.8. The summed E-state index contributed by atoms with van der Waals surface area (Å²) in [6, 6.07) is 6.01. The highest BCUT2D eigenvalue weighted by Gasteiger charge is 2.52. The molecule has 1 aromatic rings. The zero-order valence-corrected chi connectivity index (χ0v) is 14.7. The molecule has 0 saturated carbocycles. The zero-order chi connectivity index (χ0) is 16.5. The van der Waals surface area contributed by atoms with Crippen molar-refractivity contribution < 1.29 is 18.8 Å². The van der Waals surface area contributed by atoms with Crippen LogP contribution in [0.2, 0.25) is 0 Å². The SMILES string of the molecule is COCOc1ccc(B2OC(C)(C)C(C)(C)O2)c(C(C)C)c1. The Kier molecular flexibility index (Phi) is 4.90. The van der Waals surface area contributed by atoms with Crippen molar-refractivity contribution in [3.63, 3.8) is 0 Å². The fraction of sp³-hybridized carbons (Fsp3) is 0.647. The molecule has 1 saturated heterocycles. The van der Waals surface area contributed by atoms with E-state index in [0.29, 0.717) is 5.92 Å². The van der Waals surface area contributed by atoms with E-state index >= 15 is 0 Å². The first-order valence-electron chi connectivity index (χ1n) is 7.79. The zero-order valence-electron chi connectivity index (χ0n) is 14.7. The third-order valence-corrected chi connectivity index (χ3v) is 4.53. The maximum absolute atomic E-state index is 6.17. The molecule has 0 radical (unpaired) electrons. The monoisotopic (exact) mass is 306 g/mol. The molecule has 0 N–H and O–H groups in total. The second kappa shape index (κ2) is 6.22. The third-order valence-electron chi connectivity index (χ3n) is 4.53. The van der Waals surface area contributed by atoms with Crippen molar-refractivity contribution in [2.45, 2.75) is 58.7 Å². The standard InChI is InChI=1S/C17H27BO4/c1-12(2)14-10-13(20-11-19-7)8-9-15(14)18-21-16(3,4)17(5,6)22-18/h8-10,12H,11H2,1-7H3. The lowest BCUT2D eigenvalue weighted by atomic mass is 9.73. The number of methoxy groups -OCH3 is 1. The molecule has 0 spiro atoms. The molecule has 0 amide bonds. The minimum absolute atomic E-state index is 0.243. The molecule has 0 bridgehead atoms. The van der Waals surface area contributed by atoms with Gasteiger partial charge in [0.15, 0.2) is 6.79 Å². The van der Waals surface area contributed by atoms with Crippen LogP contribution in [0.4, 0.5) is 0 Å². The fourth-order valence-corrected chi connectivity index (χ4v) is 2.45. The van der Waals surface area contributed by atoms with Gasteiger partial charge in [-0.25, -0.2) is 0 Å². The van der Waals surface area contributed by atoms with Crippen LogP contribution in [0, 0.1) is 0 Å². The first-order valence-corrected chi connectivity index (χ1v) is 7.79. The van der Waals surface area contributed by atoms with E-state index in [2.05, 4.69) is 41.5 Å². The molecule has 2 rings (SSSR count). The summed E-state index contributed by atoms with van der Waals surface area (Å²) in [4.78, 5) is 0. The van der Waals surface area contributed by atoms with Crippen molar-refractivity contribution in [1.82, 2.24) is 0 Å². The van der Waals surface area contributed by atoms with Gasteiger partial charge >= 0.3 is 7.12 Å². The Hall–Kier alpha value is -1.04. The van der Waals surface area contributed by atoms with E-state index < -0.39 is 0 Å². The second-order valence-electron chi connectivity index (χ2n) is 7.08. The van der Waals surface area contributed by atoms with E-state index in [1.807, 2.05) is 18.2 Å². The number of rotatable bonds is 5. The predicted molar refractivity (Wildman–Crippen MR) is 88.8 cm³/mol. The van der Waals surface area contributed by atoms with Crippen molar-refractivity contribution >= 4 is 12.6 Å². The van der Waals surface area contributed by atoms with Gasteiger partial charge in [0.05, 0.1) is 11.2 Å². The van der Waals surface area contributed by atoms with Gasteiger partial charge in [-0.3, -0.25) is 0 Å². The maximum atomic E-state index is 6.17. The Morgan fingerprint density at radius 3 is 2.18 bits per heavy atom. The number of ether oxygens (including phenoxy) is 2. The summed E-state index contributed by atoms with van der Waals surface area (Å²) in [7, 11) is 1.26. The summed E-state index contributed by atoms with van der Waals surface area (Å²) in [6.07, 6.45) is 0. The smallest absolute Gasteiger partial charge is 0.468 e. The van der Waals surface area contributed by atoms with E-state index in [9.17, 15) is 0 Å². The molecule has 0 aliphatic carbocycles.